The average Bonchev–Trinajstić information content (AvgIpc) is 2.43. The lowest BCUT2D eigenvalue weighted by atomic mass is 10.1. The van der Waals surface area contributed by atoms with Crippen molar-refractivity contribution in [3.05, 3.63) is 61.4 Å². The number of halogens is 3. The van der Waals surface area contributed by atoms with Crippen molar-refractivity contribution >= 4 is 56.0 Å². The Morgan fingerprint density at radius 1 is 1.19 bits per heavy atom. The lowest BCUT2D eigenvalue weighted by Crippen LogP contribution is -2.16. The highest BCUT2D eigenvalue weighted by Gasteiger charge is 2.14. The predicted octanol–water partition coefficient (Wildman–Crippen LogP) is 3.54. The Labute approximate surface area is 142 Å². The van der Waals surface area contributed by atoms with Gasteiger partial charge in [-0.25, -0.2) is 4.39 Å². The Bertz CT molecular complexity index is 737. The number of anilines is 1. The van der Waals surface area contributed by atoms with Crippen LogP contribution in [0.1, 0.15) is 20.7 Å². The summed E-state index contributed by atoms with van der Waals surface area (Å²) in [5, 5.41) is 2.44. The molecule has 0 saturated carbocycles. The van der Waals surface area contributed by atoms with Crippen LogP contribution in [0.3, 0.4) is 0 Å². The number of nitrogens with two attached hydrogens (primary N) is 1. The fraction of sp³-hybridized carbons (Fsp3) is 0. The van der Waals surface area contributed by atoms with Gasteiger partial charge in [0.25, 0.3) is 5.91 Å². The highest BCUT2D eigenvalue weighted by molar-refractivity contribution is 14.1. The van der Waals surface area contributed by atoms with Gasteiger partial charge in [0.2, 0.25) is 5.91 Å². The predicted molar refractivity (Wildman–Crippen MR) is 89.7 cm³/mol. The molecule has 0 unspecified atom stereocenters. The average molecular weight is 463 g/mol. The van der Waals surface area contributed by atoms with E-state index in [0.29, 0.717) is 5.56 Å². The zero-order valence-corrected chi connectivity index (χ0v) is 14.2. The van der Waals surface area contributed by atoms with Gasteiger partial charge in [0.05, 0.1) is 11.3 Å². The third kappa shape index (κ3) is 3.79. The molecule has 2 rings (SSSR count). The Morgan fingerprint density at radius 3 is 2.57 bits per heavy atom. The van der Waals surface area contributed by atoms with Crippen LogP contribution in [0.2, 0.25) is 0 Å². The van der Waals surface area contributed by atoms with E-state index in [1.165, 1.54) is 12.1 Å². The number of benzene rings is 2. The number of hydrogen-bond donors (Lipinski definition) is 2. The fourth-order valence-corrected chi connectivity index (χ4v) is 2.58. The number of hydrogen-bond acceptors (Lipinski definition) is 2. The topological polar surface area (TPSA) is 72.2 Å². The van der Waals surface area contributed by atoms with E-state index in [0.717, 1.165) is 14.1 Å². The molecule has 0 heterocycles. The second kappa shape index (κ2) is 6.52. The molecular weight excluding hydrogens is 454 g/mol. The van der Waals surface area contributed by atoms with Gasteiger partial charge >= 0.3 is 0 Å². The van der Waals surface area contributed by atoms with Crippen molar-refractivity contribution in [3.8, 4) is 0 Å². The van der Waals surface area contributed by atoms with Crippen LogP contribution >= 0.6 is 38.5 Å². The molecule has 3 N–H and O–H groups in total. The van der Waals surface area contributed by atoms with Gasteiger partial charge in [0.15, 0.2) is 0 Å². The summed E-state index contributed by atoms with van der Waals surface area (Å²) in [6.07, 6.45) is 0. The molecule has 2 amide bonds. The molecule has 108 valence electrons. The summed E-state index contributed by atoms with van der Waals surface area (Å²) in [6.45, 7) is 0. The van der Waals surface area contributed by atoms with Crippen molar-refractivity contribution in [1.29, 1.82) is 0 Å². The Hall–Kier alpha value is -1.48. The van der Waals surface area contributed by atoms with Crippen molar-refractivity contribution in [2.75, 3.05) is 5.32 Å². The molecule has 7 heteroatoms. The maximum Gasteiger partial charge on any atom is 0.256 e. The van der Waals surface area contributed by atoms with Gasteiger partial charge in [-0.05, 0) is 59.0 Å². The van der Waals surface area contributed by atoms with Crippen LogP contribution in [0, 0.1) is 9.39 Å². The number of carbonyl (C=O) groups is 2. The maximum atomic E-state index is 13.7. The van der Waals surface area contributed by atoms with Crippen LogP contribution in [-0.2, 0) is 0 Å². The molecule has 0 aliphatic heterocycles. The van der Waals surface area contributed by atoms with E-state index >= 15 is 0 Å². The number of primary amides is 1. The zero-order valence-electron chi connectivity index (χ0n) is 10.5. The van der Waals surface area contributed by atoms with E-state index in [-0.39, 0.29) is 11.3 Å². The van der Waals surface area contributed by atoms with Crippen molar-refractivity contribution < 1.29 is 14.0 Å². The number of rotatable bonds is 3. The monoisotopic (exact) mass is 462 g/mol. The molecule has 0 atom stereocenters. The summed E-state index contributed by atoms with van der Waals surface area (Å²) >= 11 is 5.29. The summed E-state index contributed by atoms with van der Waals surface area (Å²) in [5.41, 5.74) is 5.56. The normalized spacial score (nSPS) is 10.2. The first-order chi connectivity index (χ1) is 9.88. The Balaban J connectivity index is 2.33. The van der Waals surface area contributed by atoms with E-state index in [4.69, 9.17) is 5.73 Å². The third-order valence-electron chi connectivity index (χ3n) is 2.67. The molecule has 21 heavy (non-hydrogen) atoms. The molecule has 2 aromatic rings. The van der Waals surface area contributed by atoms with Gasteiger partial charge in [-0.3, -0.25) is 9.59 Å². The Kier molecular flexibility index (Phi) is 4.94. The molecule has 4 nitrogen and oxygen atoms in total. The van der Waals surface area contributed by atoms with Crippen LogP contribution in [0.5, 0.6) is 0 Å². The van der Waals surface area contributed by atoms with Gasteiger partial charge in [0, 0.05) is 13.6 Å². The molecule has 0 aromatic heterocycles. The van der Waals surface area contributed by atoms with Gasteiger partial charge < -0.3 is 11.1 Å². The van der Waals surface area contributed by atoms with Gasteiger partial charge in [0.1, 0.15) is 5.82 Å². The van der Waals surface area contributed by atoms with Crippen molar-refractivity contribution in [2.24, 2.45) is 5.73 Å². The van der Waals surface area contributed by atoms with E-state index in [2.05, 4.69) is 21.2 Å². The highest BCUT2D eigenvalue weighted by atomic mass is 127. The molecule has 0 saturated heterocycles. The lowest BCUT2D eigenvalue weighted by molar-refractivity contribution is 0.0996. The maximum absolute atomic E-state index is 13.7. The van der Waals surface area contributed by atoms with Gasteiger partial charge in [-0.15, -0.1) is 0 Å². The summed E-state index contributed by atoms with van der Waals surface area (Å²) in [7, 11) is 0. The molecule has 0 spiro atoms. The zero-order chi connectivity index (χ0) is 15.6. The fourth-order valence-electron chi connectivity index (χ4n) is 1.64. The second-order valence-electron chi connectivity index (χ2n) is 4.14. The van der Waals surface area contributed by atoms with Crippen molar-refractivity contribution in [3.63, 3.8) is 0 Å². The minimum absolute atomic E-state index is 0.0907. The molecule has 0 fully saturated rings. The largest absolute Gasteiger partial charge is 0.366 e. The number of amides is 2. The van der Waals surface area contributed by atoms with Crippen LogP contribution in [0.15, 0.2) is 40.9 Å². The number of carbonyl (C=O) groups excluding carboxylic acids is 2. The van der Waals surface area contributed by atoms with E-state index in [9.17, 15) is 14.0 Å². The molecule has 0 bridgehead atoms. The smallest absolute Gasteiger partial charge is 0.256 e. The first-order valence-electron chi connectivity index (χ1n) is 5.74. The summed E-state index contributed by atoms with van der Waals surface area (Å²) in [6, 6.07) is 8.74. The first kappa shape index (κ1) is 15.9. The quantitative estimate of drug-likeness (QED) is 0.685. The van der Waals surface area contributed by atoms with Crippen LogP contribution in [0.4, 0.5) is 10.1 Å². The summed E-state index contributed by atoms with van der Waals surface area (Å²) in [4.78, 5) is 23.3. The van der Waals surface area contributed by atoms with Crippen LogP contribution < -0.4 is 11.1 Å². The Morgan fingerprint density at radius 2 is 1.90 bits per heavy atom. The summed E-state index contributed by atoms with van der Waals surface area (Å²) < 4.78 is 15.2. The van der Waals surface area contributed by atoms with Crippen molar-refractivity contribution in [1.82, 2.24) is 0 Å². The molecule has 0 aliphatic rings. The number of nitrogens with one attached hydrogen (secondary N) is 1. The summed E-state index contributed by atoms with van der Waals surface area (Å²) in [5.74, 6) is -1.80. The lowest BCUT2D eigenvalue weighted by Gasteiger charge is -2.09. The van der Waals surface area contributed by atoms with E-state index in [1.807, 2.05) is 22.6 Å². The minimum Gasteiger partial charge on any atom is -0.366 e. The minimum atomic E-state index is -0.692. The van der Waals surface area contributed by atoms with Gasteiger partial charge in [-0.2, -0.15) is 0 Å². The van der Waals surface area contributed by atoms with E-state index in [1.54, 1.807) is 18.2 Å². The van der Waals surface area contributed by atoms with Crippen LogP contribution in [0.25, 0.3) is 0 Å². The molecule has 2 aromatic carbocycles. The highest BCUT2D eigenvalue weighted by Crippen LogP contribution is 2.21. The second-order valence-corrected chi connectivity index (χ2v) is 6.22. The van der Waals surface area contributed by atoms with Crippen LogP contribution in [-0.4, -0.2) is 11.8 Å². The SMILES string of the molecule is NC(=O)c1ccc(F)c(NC(=O)c2cc(Br)ccc2I)c1. The molecular formula is C14H9BrFIN2O2. The van der Waals surface area contributed by atoms with Gasteiger partial charge in [-0.1, -0.05) is 15.9 Å². The van der Waals surface area contributed by atoms with E-state index < -0.39 is 17.6 Å². The molecule has 0 radical (unpaired) electrons. The standard InChI is InChI=1S/C14H9BrFIN2O2/c15-8-2-4-11(17)9(6-8)14(21)19-12-5-7(13(18)20)1-3-10(12)16/h1-6H,(H2,18,20)(H,19,21). The third-order valence-corrected chi connectivity index (χ3v) is 4.11. The van der Waals surface area contributed by atoms with Crippen molar-refractivity contribution in [2.45, 2.75) is 0 Å². The molecule has 0 aliphatic carbocycles. The first-order valence-corrected chi connectivity index (χ1v) is 7.61.